The van der Waals surface area contributed by atoms with Gasteiger partial charge in [-0.25, -0.2) is 4.79 Å². The molecular weight excluding hydrogens is 160 g/mol. The monoisotopic (exact) mass is 170 g/mol. The van der Waals surface area contributed by atoms with Crippen LogP contribution in [0.1, 0.15) is 0 Å². The minimum Gasteiger partial charge on any atom is -0.505 e. The Morgan fingerprint density at radius 3 is 2.25 bits per heavy atom. The largest absolute Gasteiger partial charge is 0.505 e. The molecule has 0 unspecified atom stereocenters. The Bertz CT molecular complexity index is 250. The fourth-order valence-electron chi connectivity index (χ4n) is 0.542. The van der Waals surface area contributed by atoms with Gasteiger partial charge in [0.1, 0.15) is 5.57 Å². The van der Waals surface area contributed by atoms with Crippen LogP contribution in [0.3, 0.4) is 0 Å². The summed E-state index contributed by atoms with van der Waals surface area (Å²) in [6.45, 7) is 6.30. The van der Waals surface area contributed by atoms with Crippen molar-refractivity contribution >= 4 is 5.97 Å². The van der Waals surface area contributed by atoms with E-state index in [2.05, 4.69) is 17.9 Å². The van der Waals surface area contributed by atoms with Gasteiger partial charge < -0.3 is 14.9 Å². The van der Waals surface area contributed by atoms with E-state index in [4.69, 9.17) is 10.2 Å². The molecule has 0 fully saturated rings. The molecule has 0 rings (SSSR count). The molecule has 2 N–H and O–H groups in total. The summed E-state index contributed by atoms with van der Waals surface area (Å²) in [6, 6.07) is 0. The Balaban J connectivity index is 4.99. The molecule has 66 valence electrons. The summed E-state index contributed by atoms with van der Waals surface area (Å²) < 4.78 is 4.29. The van der Waals surface area contributed by atoms with E-state index >= 15 is 0 Å². The molecule has 0 amide bonds. The van der Waals surface area contributed by atoms with Crippen LogP contribution in [0.15, 0.2) is 36.3 Å². The summed E-state index contributed by atoms with van der Waals surface area (Å²) in [6.07, 6.45) is 1.07. The van der Waals surface area contributed by atoms with Gasteiger partial charge in [0, 0.05) is 0 Å². The molecule has 0 aromatic rings. The van der Waals surface area contributed by atoms with Crippen LogP contribution < -0.4 is 0 Å². The Morgan fingerprint density at radius 2 is 2.00 bits per heavy atom. The molecule has 0 aliphatic heterocycles. The first-order valence-corrected chi connectivity index (χ1v) is 3.06. The summed E-state index contributed by atoms with van der Waals surface area (Å²) in [5.74, 6) is -2.01. The number of esters is 1. The molecule has 4 nitrogen and oxygen atoms in total. The number of rotatable bonds is 3. The maximum atomic E-state index is 10.8. The van der Waals surface area contributed by atoms with Gasteiger partial charge >= 0.3 is 5.97 Å². The first-order chi connectivity index (χ1) is 5.54. The van der Waals surface area contributed by atoms with Crippen molar-refractivity contribution in [3.8, 4) is 0 Å². The van der Waals surface area contributed by atoms with Crippen molar-refractivity contribution in [1.29, 1.82) is 0 Å². The van der Waals surface area contributed by atoms with Crippen LogP contribution in [0, 0.1) is 0 Å². The molecule has 0 spiro atoms. The van der Waals surface area contributed by atoms with E-state index in [9.17, 15) is 4.79 Å². The number of hydrogen-bond acceptors (Lipinski definition) is 4. The zero-order valence-electron chi connectivity index (χ0n) is 6.70. The SMILES string of the molecule is C=C/C(C(=O)OC)=C(/O)C(=C)O. The Labute approximate surface area is 70.1 Å². The van der Waals surface area contributed by atoms with Gasteiger partial charge in [0.2, 0.25) is 0 Å². The van der Waals surface area contributed by atoms with Gasteiger partial charge in [-0.05, 0) is 0 Å². The van der Waals surface area contributed by atoms with Crippen LogP contribution in [0.25, 0.3) is 0 Å². The summed E-state index contributed by atoms with van der Waals surface area (Å²) >= 11 is 0. The number of carbonyl (C=O) groups excluding carboxylic acids is 1. The van der Waals surface area contributed by atoms with E-state index in [1.54, 1.807) is 0 Å². The standard InChI is InChI=1S/C8H10O4/c1-4-6(8(11)12-3)7(10)5(2)9/h4,9-10H,1-2H2,3H3/b7-6-. The Kier molecular flexibility index (Phi) is 3.62. The quantitative estimate of drug-likeness (QED) is 0.289. The van der Waals surface area contributed by atoms with E-state index in [0.29, 0.717) is 0 Å². The van der Waals surface area contributed by atoms with E-state index in [1.165, 1.54) is 0 Å². The average Bonchev–Trinajstić information content (AvgIpc) is 2.05. The second kappa shape index (κ2) is 4.23. The number of carbonyl (C=O) groups is 1. The maximum Gasteiger partial charge on any atom is 0.341 e. The third-order valence-electron chi connectivity index (χ3n) is 1.14. The lowest BCUT2D eigenvalue weighted by atomic mass is 10.2. The topological polar surface area (TPSA) is 66.8 Å². The highest BCUT2D eigenvalue weighted by Gasteiger charge is 2.13. The van der Waals surface area contributed by atoms with Crippen molar-refractivity contribution in [3.05, 3.63) is 36.3 Å². The smallest absolute Gasteiger partial charge is 0.341 e. The first-order valence-electron chi connectivity index (χ1n) is 3.06. The fraction of sp³-hybridized carbons (Fsp3) is 0.125. The highest BCUT2D eigenvalue weighted by molar-refractivity contribution is 5.92. The molecule has 4 heteroatoms. The molecule has 0 bridgehead atoms. The molecule has 0 aliphatic rings. The highest BCUT2D eigenvalue weighted by Crippen LogP contribution is 2.09. The lowest BCUT2D eigenvalue weighted by Gasteiger charge is -2.02. The van der Waals surface area contributed by atoms with Gasteiger partial charge in [-0.1, -0.05) is 19.2 Å². The average molecular weight is 170 g/mol. The number of hydrogen-bond donors (Lipinski definition) is 2. The van der Waals surface area contributed by atoms with Crippen LogP contribution in [-0.2, 0) is 9.53 Å². The first kappa shape index (κ1) is 10.3. The number of aliphatic hydroxyl groups excluding tert-OH is 2. The normalized spacial score (nSPS) is 11.4. The van der Waals surface area contributed by atoms with E-state index in [0.717, 1.165) is 13.2 Å². The molecule has 0 aromatic heterocycles. The van der Waals surface area contributed by atoms with Crippen LogP contribution >= 0.6 is 0 Å². The van der Waals surface area contributed by atoms with Gasteiger partial charge in [0.15, 0.2) is 11.5 Å². The van der Waals surface area contributed by atoms with E-state index < -0.39 is 17.5 Å². The molecule has 0 aliphatic carbocycles. The molecule has 0 heterocycles. The minimum absolute atomic E-state index is 0.218. The number of aliphatic hydroxyl groups is 2. The minimum atomic E-state index is -0.780. The van der Waals surface area contributed by atoms with Gasteiger partial charge in [0.25, 0.3) is 0 Å². The van der Waals surface area contributed by atoms with Crippen molar-refractivity contribution in [2.45, 2.75) is 0 Å². The van der Waals surface area contributed by atoms with Crippen molar-refractivity contribution in [2.24, 2.45) is 0 Å². The van der Waals surface area contributed by atoms with Crippen LogP contribution in [0.5, 0.6) is 0 Å². The molecule has 0 aromatic carbocycles. The van der Waals surface area contributed by atoms with Crippen molar-refractivity contribution in [2.75, 3.05) is 7.11 Å². The Morgan fingerprint density at radius 1 is 1.50 bits per heavy atom. The van der Waals surface area contributed by atoms with Crippen LogP contribution in [0.2, 0.25) is 0 Å². The van der Waals surface area contributed by atoms with Gasteiger partial charge in [0.05, 0.1) is 7.11 Å². The van der Waals surface area contributed by atoms with Crippen LogP contribution in [0.4, 0.5) is 0 Å². The van der Waals surface area contributed by atoms with Gasteiger partial charge in [-0.15, -0.1) is 0 Å². The zero-order chi connectivity index (χ0) is 9.72. The van der Waals surface area contributed by atoms with Crippen LogP contribution in [-0.4, -0.2) is 23.3 Å². The van der Waals surface area contributed by atoms with Crippen molar-refractivity contribution in [3.63, 3.8) is 0 Å². The summed E-state index contributed by atoms with van der Waals surface area (Å²) in [7, 11) is 1.15. The zero-order valence-corrected chi connectivity index (χ0v) is 6.70. The third kappa shape index (κ3) is 2.16. The predicted octanol–water partition coefficient (Wildman–Crippen LogP) is 1.23. The lowest BCUT2D eigenvalue weighted by Crippen LogP contribution is -2.06. The second-order valence-corrected chi connectivity index (χ2v) is 1.90. The second-order valence-electron chi connectivity index (χ2n) is 1.90. The summed E-state index contributed by atoms with van der Waals surface area (Å²) in [5, 5.41) is 17.8. The highest BCUT2D eigenvalue weighted by atomic mass is 16.5. The summed E-state index contributed by atoms with van der Waals surface area (Å²) in [4.78, 5) is 10.8. The number of methoxy groups -OCH3 is 1. The number of ether oxygens (including phenoxy) is 1. The molecular formula is C8H10O4. The van der Waals surface area contributed by atoms with Crippen molar-refractivity contribution < 1.29 is 19.7 Å². The summed E-state index contributed by atoms with van der Waals surface area (Å²) in [5.41, 5.74) is -0.218. The molecule has 0 radical (unpaired) electrons. The van der Waals surface area contributed by atoms with Crippen molar-refractivity contribution in [1.82, 2.24) is 0 Å². The third-order valence-corrected chi connectivity index (χ3v) is 1.14. The Hall–Kier alpha value is -1.71. The molecule has 0 saturated carbocycles. The predicted molar refractivity (Wildman–Crippen MR) is 43.6 cm³/mol. The maximum absolute atomic E-state index is 10.8. The molecule has 0 saturated heterocycles. The van der Waals surface area contributed by atoms with E-state index in [-0.39, 0.29) is 5.57 Å². The van der Waals surface area contributed by atoms with E-state index in [1.807, 2.05) is 0 Å². The lowest BCUT2D eigenvalue weighted by molar-refractivity contribution is -0.135. The molecule has 0 atom stereocenters. The van der Waals surface area contributed by atoms with Gasteiger partial charge in [-0.2, -0.15) is 0 Å². The van der Waals surface area contributed by atoms with Gasteiger partial charge in [-0.3, -0.25) is 0 Å². The fourth-order valence-corrected chi connectivity index (χ4v) is 0.542. The molecule has 12 heavy (non-hydrogen) atoms.